The van der Waals surface area contributed by atoms with E-state index >= 15 is 0 Å². The molecule has 0 saturated heterocycles. The molecule has 0 fully saturated rings. The number of rotatable bonds is 1. The van der Waals surface area contributed by atoms with Gasteiger partial charge in [0.15, 0.2) is 6.29 Å². The van der Waals surface area contributed by atoms with Crippen LogP contribution in [-0.2, 0) is 0 Å². The zero-order valence-electron chi connectivity index (χ0n) is 5.47. The van der Waals surface area contributed by atoms with Gasteiger partial charge in [0.25, 0.3) is 0 Å². The van der Waals surface area contributed by atoms with Gasteiger partial charge in [-0.1, -0.05) is 15.9 Å². The van der Waals surface area contributed by atoms with E-state index in [0.717, 1.165) is 0 Å². The molecule has 4 heteroatoms. The molecule has 2 N–H and O–H groups in total. The lowest BCUT2D eigenvalue weighted by Crippen LogP contribution is -1.96. The molecule has 0 heterocycles. The number of anilines is 1. The van der Waals surface area contributed by atoms with Crippen LogP contribution in [0.15, 0.2) is 16.6 Å². The van der Waals surface area contributed by atoms with Gasteiger partial charge in [-0.25, -0.2) is 4.39 Å². The van der Waals surface area contributed by atoms with E-state index < -0.39 is 5.82 Å². The van der Waals surface area contributed by atoms with Crippen LogP contribution in [0.3, 0.4) is 0 Å². The molecule has 1 aromatic rings. The number of carbonyl (C=O) groups is 1. The first-order chi connectivity index (χ1) is 5.15. The smallest absolute Gasteiger partial charge is 0.152 e. The van der Waals surface area contributed by atoms with Crippen molar-refractivity contribution < 1.29 is 9.18 Å². The molecule has 1 aromatic carbocycles. The number of nitrogens with two attached hydrogens (primary N) is 1. The fourth-order valence-corrected chi connectivity index (χ4v) is 1.15. The number of benzene rings is 1. The number of halogens is 2. The summed E-state index contributed by atoms with van der Waals surface area (Å²) in [5.41, 5.74) is 5.29. The summed E-state index contributed by atoms with van der Waals surface area (Å²) in [6.45, 7) is 0. The minimum atomic E-state index is -0.582. The molecule has 0 radical (unpaired) electrons. The van der Waals surface area contributed by atoms with Crippen molar-refractivity contribution >= 4 is 27.9 Å². The summed E-state index contributed by atoms with van der Waals surface area (Å²) in [4.78, 5) is 10.3. The third kappa shape index (κ3) is 1.57. The lowest BCUT2D eigenvalue weighted by atomic mass is 10.2. The van der Waals surface area contributed by atoms with Crippen LogP contribution in [0.2, 0.25) is 0 Å². The zero-order valence-corrected chi connectivity index (χ0v) is 7.06. The standard InChI is InChI=1S/C7H5BrFNO/c8-5-1-4(3-11)7(10)6(9)2-5/h1-3H,10H2. The van der Waals surface area contributed by atoms with E-state index in [2.05, 4.69) is 15.9 Å². The largest absolute Gasteiger partial charge is 0.396 e. The Morgan fingerprint density at radius 3 is 2.73 bits per heavy atom. The van der Waals surface area contributed by atoms with Crippen molar-refractivity contribution in [3.05, 3.63) is 28.0 Å². The maximum Gasteiger partial charge on any atom is 0.152 e. The quantitative estimate of drug-likeness (QED) is 0.578. The Hall–Kier alpha value is -0.900. The Balaban J connectivity index is 3.35. The van der Waals surface area contributed by atoms with Crippen molar-refractivity contribution in [1.29, 1.82) is 0 Å². The third-order valence-electron chi connectivity index (χ3n) is 1.25. The van der Waals surface area contributed by atoms with Crippen molar-refractivity contribution in [1.82, 2.24) is 0 Å². The normalized spacial score (nSPS) is 9.64. The van der Waals surface area contributed by atoms with Gasteiger partial charge in [0.05, 0.1) is 5.69 Å². The first kappa shape index (κ1) is 8.20. The second kappa shape index (κ2) is 3.00. The topological polar surface area (TPSA) is 43.1 Å². The maximum absolute atomic E-state index is 12.7. The van der Waals surface area contributed by atoms with Gasteiger partial charge in [0, 0.05) is 10.0 Å². The number of hydrogen-bond acceptors (Lipinski definition) is 2. The first-order valence-electron chi connectivity index (χ1n) is 2.85. The van der Waals surface area contributed by atoms with E-state index in [4.69, 9.17) is 5.73 Å². The van der Waals surface area contributed by atoms with Gasteiger partial charge in [-0.2, -0.15) is 0 Å². The van der Waals surface area contributed by atoms with Crippen molar-refractivity contribution in [3.8, 4) is 0 Å². The lowest BCUT2D eigenvalue weighted by Gasteiger charge is -1.99. The Bertz CT molecular complexity index is 301. The van der Waals surface area contributed by atoms with E-state index in [1.807, 2.05) is 0 Å². The van der Waals surface area contributed by atoms with Gasteiger partial charge in [-0.15, -0.1) is 0 Å². The Kier molecular flexibility index (Phi) is 2.24. The van der Waals surface area contributed by atoms with Crippen LogP contribution < -0.4 is 5.73 Å². The molecule has 0 atom stereocenters. The molecule has 11 heavy (non-hydrogen) atoms. The average Bonchev–Trinajstić information content (AvgIpc) is 1.96. The molecule has 0 aliphatic rings. The van der Waals surface area contributed by atoms with Crippen LogP contribution in [0.25, 0.3) is 0 Å². The number of aldehydes is 1. The molecule has 0 bridgehead atoms. The minimum absolute atomic E-state index is 0.108. The molecule has 0 spiro atoms. The zero-order chi connectivity index (χ0) is 8.43. The molecule has 2 nitrogen and oxygen atoms in total. The highest BCUT2D eigenvalue weighted by Crippen LogP contribution is 2.20. The SMILES string of the molecule is Nc1c(F)cc(Br)cc1C=O. The predicted molar refractivity (Wildman–Crippen MR) is 43.9 cm³/mol. The van der Waals surface area contributed by atoms with E-state index in [-0.39, 0.29) is 11.3 Å². The number of hydrogen-bond donors (Lipinski definition) is 1. The Morgan fingerprint density at radius 2 is 2.18 bits per heavy atom. The van der Waals surface area contributed by atoms with Crippen LogP contribution in [-0.4, -0.2) is 6.29 Å². The van der Waals surface area contributed by atoms with E-state index in [1.165, 1.54) is 12.1 Å². The Morgan fingerprint density at radius 1 is 1.55 bits per heavy atom. The molecule has 0 unspecified atom stereocenters. The highest BCUT2D eigenvalue weighted by molar-refractivity contribution is 9.10. The molecule has 0 amide bonds. The predicted octanol–water partition coefficient (Wildman–Crippen LogP) is 1.98. The summed E-state index contributed by atoms with van der Waals surface area (Å²) in [5, 5.41) is 0. The van der Waals surface area contributed by atoms with Crippen LogP contribution in [0, 0.1) is 5.82 Å². The molecular weight excluding hydrogens is 213 g/mol. The summed E-state index contributed by atoms with van der Waals surface area (Å²) in [7, 11) is 0. The monoisotopic (exact) mass is 217 g/mol. The van der Waals surface area contributed by atoms with E-state index in [9.17, 15) is 9.18 Å². The Labute approximate surface area is 71.3 Å². The van der Waals surface area contributed by atoms with Gasteiger partial charge in [0.2, 0.25) is 0 Å². The highest BCUT2D eigenvalue weighted by atomic mass is 79.9. The maximum atomic E-state index is 12.7. The fourth-order valence-electron chi connectivity index (χ4n) is 0.702. The van der Waals surface area contributed by atoms with Crippen LogP contribution >= 0.6 is 15.9 Å². The molecular formula is C7H5BrFNO. The molecule has 0 saturated carbocycles. The van der Waals surface area contributed by atoms with Crippen LogP contribution in [0.5, 0.6) is 0 Å². The molecule has 0 aliphatic carbocycles. The molecule has 0 aliphatic heterocycles. The van der Waals surface area contributed by atoms with E-state index in [1.54, 1.807) is 0 Å². The van der Waals surface area contributed by atoms with E-state index in [0.29, 0.717) is 10.8 Å². The molecule has 58 valence electrons. The summed E-state index contributed by atoms with van der Waals surface area (Å²) in [6, 6.07) is 2.67. The summed E-state index contributed by atoms with van der Waals surface area (Å²) >= 11 is 3.03. The van der Waals surface area contributed by atoms with Gasteiger partial charge in [-0.05, 0) is 12.1 Å². The van der Waals surface area contributed by atoms with Gasteiger partial charge in [-0.3, -0.25) is 4.79 Å². The summed E-state index contributed by atoms with van der Waals surface area (Å²) < 4.78 is 13.2. The second-order valence-electron chi connectivity index (χ2n) is 2.01. The first-order valence-corrected chi connectivity index (χ1v) is 3.64. The van der Waals surface area contributed by atoms with Crippen molar-refractivity contribution in [2.45, 2.75) is 0 Å². The van der Waals surface area contributed by atoms with Crippen LogP contribution in [0.4, 0.5) is 10.1 Å². The van der Waals surface area contributed by atoms with Crippen molar-refractivity contribution in [2.75, 3.05) is 5.73 Å². The highest BCUT2D eigenvalue weighted by Gasteiger charge is 2.04. The number of carbonyl (C=O) groups excluding carboxylic acids is 1. The third-order valence-corrected chi connectivity index (χ3v) is 1.71. The lowest BCUT2D eigenvalue weighted by molar-refractivity contribution is 0.112. The second-order valence-corrected chi connectivity index (χ2v) is 2.92. The fraction of sp³-hybridized carbons (Fsp3) is 0. The molecule has 0 aromatic heterocycles. The summed E-state index contributed by atoms with van der Waals surface area (Å²) in [6.07, 6.45) is 0.517. The van der Waals surface area contributed by atoms with Gasteiger partial charge in [0.1, 0.15) is 5.82 Å². The minimum Gasteiger partial charge on any atom is -0.396 e. The summed E-state index contributed by atoms with van der Waals surface area (Å²) in [5.74, 6) is -0.582. The number of nitrogen functional groups attached to an aromatic ring is 1. The van der Waals surface area contributed by atoms with Gasteiger partial charge >= 0.3 is 0 Å². The average molecular weight is 218 g/mol. The van der Waals surface area contributed by atoms with Crippen LogP contribution in [0.1, 0.15) is 10.4 Å². The van der Waals surface area contributed by atoms with Crippen molar-refractivity contribution in [3.63, 3.8) is 0 Å². The van der Waals surface area contributed by atoms with Gasteiger partial charge < -0.3 is 5.73 Å². The molecule has 1 rings (SSSR count). The van der Waals surface area contributed by atoms with Crippen molar-refractivity contribution in [2.24, 2.45) is 0 Å².